The van der Waals surface area contributed by atoms with Gasteiger partial charge in [0.1, 0.15) is 11.2 Å². The van der Waals surface area contributed by atoms with Gasteiger partial charge in [0.05, 0.1) is 22.1 Å². The van der Waals surface area contributed by atoms with Crippen molar-refractivity contribution in [1.82, 2.24) is 24.1 Å². The van der Waals surface area contributed by atoms with E-state index in [1.807, 2.05) is 12.1 Å². The van der Waals surface area contributed by atoms with Crippen molar-refractivity contribution in [2.45, 2.75) is 0 Å². The minimum absolute atomic E-state index is 0.521. The number of benzene rings is 10. The molecule has 0 atom stereocenters. The van der Waals surface area contributed by atoms with Crippen LogP contribution in [0.25, 0.3) is 100.0 Å². The second-order valence-corrected chi connectivity index (χ2v) is 21.7. The molecule has 7 heteroatoms. The highest BCUT2D eigenvalue weighted by Crippen LogP contribution is 2.43. The molecule has 0 radical (unpaired) electrons. The lowest BCUT2D eigenvalue weighted by molar-refractivity contribution is 0.669. The predicted molar refractivity (Wildman–Crippen MR) is 290 cm³/mol. The molecular weight excluding hydrogens is 871 g/mol. The first kappa shape index (κ1) is 39.9. The number of rotatable bonds is 8. The summed E-state index contributed by atoms with van der Waals surface area (Å²) in [6.45, 7) is 0. The van der Waals surface area contributed by atoms with Crippen LogP contribution in [0.15, 0.2) is 253 Å². The van der Waals surface area contributed by atoms with Gasteiger partial charge in [0.25, 0.3) is 0 Å². The first-order valence-electron chi connectivity index (χ1n) is 23.7. The summed E-state index contributed by atoms with van der Waals surface area (Å²) in [4.78, 5) is 16.7. The van der Waals surface area contributed by atoms with E-state index < -0.39 is 8.07 Å². The van der Waals surface area contributed by atoms with E-state index in [0.717, 1.165) is 82.2 Å². The van der Waals surface area contributed by atoms with Crippen LogP contribution >= 0.6 is 0 Å². The molecule has 14 rings (SSSR count). The quantitative estimate of drug-likeness (QED) is 0.113. The maximum Gasteiger partial charge on any atom is 0.240 e. The first-order valence-corrected chi connectivity index (χ1v) is 25.7. The minimum atomic E-state index is -2.91. The molecule has 0 aliphatic carbocycles. The molecule has 14 aromatic rings. The van der Waals surface area contributed by atoms with Crippen LogP contribution in [0.3, 0.4) is 0 Å². The van der Waals surface area contributed by atoms with Crippen LogP contribution in [-0.2, 0) is 0 Å². The number of fused-ring (bicyclic) bond motifs is 9. The molecule has 4 heterocycles. The van der Waals surface area contributed by atoms with Gasteiger partial charge in [-0.2, -0.15) is 15.0 Å². The number of para-hydroxylation sites is 5. The van der Waals surface area contributed by atoms with E-state index in [4.69, 9.17) is 19.4 Å². The molecule has 0 bridgehead atoms. The van der Waals surface area contributed by atoms with Crippen molar-refractivity contribution < 1.29 is 4.42 Å². The molecule has 4 aromatic heterocycles. The third-order valence-corrected chi connectivity index (χ3v) is 18.9. The van der Waals surface area contributed by atoms with E-state index in [1.54, 1.807) is 0 Å². The second kappa shape index (κ2) is 16.0. The minimum Gasteiger partial charge on any atom is -0.456 e. The van der Waals surface area contributed by atoms with Crippen LogP contribution in [0.4, 0.5) is 0 Å². The van der Waals surface area contributed by atoms with E-state index in [2.05, 4.69) is 246 Å². The summed E-state index contributed by atoms with van der Waals surface area (Å²) in [6.07, 6.45) is 0. The van der Waals surface area contributed by atoms with E-state index in [9.17, 15) is 0 Å². The summed E-state index contributed by atoms with van der Waals surface area (Å²) in [7, 11) is -2.91. The first-order chi connectivity index (χ1) is 34.7. The predicted octanol–water partition coefficient (Wildman–Crippen LogP) is 12.7. The van der Waals surface area contributed by atoms with Gasteiger partial charge in [0.15, 0.2) is 13.9 Å². The Morgan fingerprint density at radius 3 is 1.40 bits per heavy atom. The molecule has 6 nitrogen and oxygen atoms in total. The highest BCUT2D eigenvalue weighted by Gasteiger charge is 2.41. The Morgan fingerprint density at radius 1 is 0.329 bits per heavy atom. The fourth-order valence-corrected chi connectivity index (χ4v) is 16.0. The molecule has 0 aliphatic heterocycles. The molecule has 10 aromatic carbocycles. The Kier molecular flexibility index (Phi) is 9.12. The maximum absolute atomic E-state index is 6.47. The maximum atomic E-state index is 6.47. The monoisotopic (exact) mass is 911 g/mol. The van der Waals surface area contributed by atoms with Crippen LogP contribution in [-0.4, -0.2) is 32.2 Å². The van der Waals surface area contributed by atoms with Crippen molar-refractivity contribution in [3.05, 3.63) is 249 Å². The molecular formula is C63H41N5OSi. The number of aromatic nitrogens is 5. The molecule has 0 N–H and O–H groups in total. The molecule has 0 saturated heterocycles. The third-order valence-electron chi connectivity index (χ3n) is 14.2. The summed E-state index contributed by atoms with van der Waals surface area (Å²) < 4.78 is 10.9. The zero-order chi connectivity index (χ0) is 46.2. The normalized spacial score (nSPS) is 12.0. The molecule has 0 spiro atoms. The lowest BCUT2D eigenvalue weighted by Crippen LogP contribution is -2.74. The number of furan rings is 1. The van der Waals surface area contributed by atoms with Gasteiger partial charge in [0, 0.05) is 43.4 Å². The van der Waals surface area contributed by atoms with Gasteiger partial charge in [-0.25, -0.2) is 0 Å². The van der Waals surface area contributed by atoms with Crippen molar-refractivity contribution in [1.29, 1.82) is 0 Å². The lowest BCUT2D eigenvalue weighted by Gasteiger charge is -2.34. The van der Waals surface area contributed by atoms with Gasteiger partial charge in [-0.15, -0.1) is 0 Å². The van der Waals surface area contributed by atoms with Crippen LogP contribution < -0.4 is 20.7 Å². The van der Waals surface area contributed by atoms with Gasteiger partial charge >= 0.3 is 0 Å². The van der Waals surface area contributed by atoms with Crippen molar-refractivity contribution in [2.75, 3.05) is 0 Å². The fraction of sp³-hybridized carbons (Fsp3) is 0. The number of hydrogen-bond donors (Lipinski definition) is 0. The standard InChI is InChI=1S/C63H41N5OSi/c1-4-22-43(23-5-1)70(44-24-6-2-7-25-44,45-26-8-3-9-27-45)46-28-18-21-42(41-46)61-64-62(67-54-36-14-10-29-47(54)48-30-11-15-37-55(48)67)66-63(65-61)68-56-38-16-12-31-49(56)51-34-19-35-52(60(51)68)50-33-20-40-58-59(50)53-32-13-17-39-57(53)69-58/h1-41H. The SMILES string of the molecule is c1ccc([Si](c2ccccc2)(c2ccccc2)c2cccc(-c3nc(-n4c5ccccc5c5ccccc54)nc(-n4c5ccccc5c5cccc(-c6cccc7oc8ccccc8c67)c54)n3)c2)cc1. The molecule has 328 valence electrons. The summed E-state index contributed by atoms with van der Waals surface area (Å²) in [5.41, 5.74) is 8.77. The van der Waals surface area contributed by atoms with Crippen molar-refractivity contribution in [3.63, 3.8) is 0 Å². The zero-order valence-electron chi connectivity index (χ0n) is 37.8. The Morgan fingerprint density at radius 2 is 0.771 bits per heavy atom. The van der Waals surface area contributed by atoms with Crippen LogP contribution in [0.2, 0.25) is 0 Å². The Bertz CT molecular complexity index is 4160. The Hall–Kier alpha value is -9.17. The van der Waals surface area contributed by atoms with Crippen molar-refractivity contribution in [2.24, 2.45) is 0 Å². The second-order valence-electron chi connectivity index (χ2n) is 17.9. The van der Waals surface area contributed by atoms with Crippen LogP contribution in [0, 0.1) is 0 Å². The van der Waals surface area contributed by atoms with Gasteiger partial charge in [0.2, 0.25) is 11.9 Å². The summed E-state index contributed by atoms with van der Waals surface area (Å²) in [5, 5.41) is 11.7. The Balaban J connectivity index is 1.09. The van der Waals surface area contributed by atoms with E-state index in [0.29, 0.717) is 17.7 Å². The molecule has 0 unspecified atom stereocenters. The van der Waals surface area contributed by atoms with Crippen molar-refractivity contribution in [3.8, 4) is 34.4 Å². The van der Waals surface area contributed by atoms with Gasteiger partial charge in [-0.1, -0.05) is 218 Å². The van der Waals surface area contributed by atoms with E-state index >= 15 is 0 Å². The van der Waals surface area contributed by atoms with Crippen molar-refractivity contribution >= 4 is 94.4 Å². The number of hydrogen-bond acceptors (Lipinski definition) is 4. The summed E-state index contributed by atoms with van der Waals surface area (Å²) in [5.74, 6) is 1.63. The highest BCUT2D eigenvalue weighted by molar-refractivity contribution is 7.19. The van der Waals surface area contributed by atoms with E-state index in [-0.39, 0.29) is 0 Å². The number of nitrogens with zero attached hydrogens (tertiary/aromatic N) is 5. The average molecular weight is 912 g/mol. The molecule has 0 fully saturated rings. The molecule has 0 aliphatic rings. The van der Waals surface area contributed by atoms with E-state index in [1.165, 1.54) is 20.7 Å². The van der Waals surface area contributed by atoms with Crippen LogP contribution in [0.5, 0.6) is 0 Å². The molecule has 0 amide bonds. The Labute approximate surface area is 404 Å². The van der Waals surface area contributed by atoms with Gasteiger partial charge in [-0.3, -0.25) is 9.13 Å². The smallest absolute Gasteiger partial charge is 0.240 e. The molecule has 70 heavy (non-hydrogen) atoms. The molecule has 0 saturated carbocycles. The van der Waals surface area contributed by atoms with Gasteiger partial charge < -0.3 is 4.42 Å². The lowest BCUT2D eigenvalue weighted by atomic mass is 9.97. The third kappa shape index (κ3) is 6.02. The zero-order valence-corrected chi connectivity index (χ0v) is 38.8. The average Bonchev–Trinajstić information content (AvgIpc) is 4.10. The summed E-state index contributed by atoms with van der Waals surface area (Å²) >= 11 is 0. The van der Waals surface area contributed by atoms with Gasteiger partial charge in [-0.05, 0) is 56.6 Å². The highest BCUT2D eigenvalue weighted by atomic mass is 28.3. The fourth-order valence-electron chi connectivity index (χ4n) is 11.2. The summed E-state index contributed by atoms with van der Waals surface area (Å²) in [6, 6.07) is 89.0. The van der Waals surface area contributed by atoms with Crippen LogP contribution in [0.1, 0.15) is 0 Å². The topological polar surface area (TPSA) is 61.7 Å². The largest absolute Gasteiger partial charge is 0.456 e.